The van der Waals surface area contributed by atoms with E-state index in [1.54, 1.807) is 18.0 Å². The van der Waals surface area contributed by atoms with Crippen LogP contribution in [0.2, 0.25) is 0 Å². The van der Waals surface area contributed by atoms with Gasteiger partial charge in [0.15, 0.2) is 16.7 Å². The third-order valence-electron chi connectivity index (χ3n) is 4.57. The summed E-state index contributed by atoms with van der Waals surface area (Å²) >= 11 is 1.71. The van der Waals surface area contributed by atoms with Gasteiger partial charge in [0.2, 0.25) is 0 Å². The van der Waals surface area contributed by atoms with Gasteiger partial charge in [0.25, 0.3) is 0 Å². The molecule has 1 aliphatic heterocycles. The minimum atomic E-state index is 0.639. The molecule has 2 heterocycles. The number of ether oxygens (including phenoxy) is 2. The number of nitrogens with one attached hydrogen (secondary N) is 1. The predicted molar refractivity (Wildman–Crippen MR) is 107 cm³/mol. The van der Waals surface area contributed by atoms with E-state index in [4.69, 9.17) is 9.47 Å². The van der Waals surface area contributed by atoms with Crippen LogP contribution in [0.3, 0.4) is 0 Å². The van der Waals surface area contributed by atoms with Crippen molar-refractivity contribution in [2.24, 2.45) is 10.9 Å². The lowest BCUT2D eigenvalue weighted by Crippen LogP contribution is -2.12. The number of amidine groups is 1. The molecule has 0 spiro atoms. The maximum Gasteiger partial charge on any atom is 0.175 e. The number of para-hydroxylation sites is 1. The van der Waals surface area contributed by atoms with Gasteiger partial charge in [-0.1, -0.05) is 42.8 Å². The highest BCUT2D eigenvalue weighted by Gasteiger charge is 2.18. The zero-order chi connectivity index (χ0) is 17.6. The van der Waals surface area contributed by atoms with Gasteiger partial charge in [0, 0.05) is 11.8 Å². The molecule has 1 fully saturated rings. The van der Waals surface area contributed by atoms with Crippen LogP contribution in [0.15, 0.2) is 47.6 Å². The molecule has 0 atom stereocenters. The van der Waals surface area contributed by atoms with Crippen molar-refractivity contribution in [1.82, 2.24) is 4.98 Å². The van der Waals surface area contributed by atoms with Gasteiger partial charge < -0.3 is 14.8 Å². The predicted octanol–water partition coefficient (Wildman–Crippen LogP) is 4.96. The van der Waals surface area contributed by atoms with Crippen molar-refractivity contribution in [1.29, 1.82) is 0 Å². The first kappa shape index (κ1) is 17.2. The van der Waals surface area contributed by atoms with E-state index in [0.29, 0.717) is 17.5 Å². The summed E-state index contributed by atoms with van der Waals surface area (Å²) < 4.78 is 12.1. The Kier molecular flexibility index (Phi) is 5.59. The molecule has 0 unspecified atom stereocenters. The molecule has 2 aliphatic rings. The fourth-order valence-corrected chi connectivity index (χ4v) is 3.94. The first-order valence-electron chi connectivity index (χ1n) is 9.17. The molecule has 6 heteroatoms. The average molecular weight is 369 g/mol. The Morgan fingerprint density at radius 2 is 1.96 bits per heavy atom. The summed E-state index contributed by atoms with van der Waals surface area (Å²) in [5, 5.41) is 4.20. The van der Waals surface area contributed by atoms with Crippen LogP contribution < -0.4 is 14.8 Å². The summed E-state index contributed by atoms with van der Waals surface area (Å²) in [6.07, 6.45) is 6.83. The van der Waals surface area contributed by atoms with Crippen LogP contribution in [-0.4, -0.2) is 29.1 Å². The Hall–Kier alpha value is -2.21. The SMILES string of the molecule is c1ccc(Oc2cnc(NC3=NCCS3)c(OCC3CCCC3)c2)cc1. The molecule has 5 nitrogen and oxygen atoms in total. The van der Waals surface area contributed by atoms with E-state index in [2.05, 4.69) is 15.3 Å². The molecule has 1 N–H and O–H groups in total. The van der Waals surface area contributed by atoms with Gasteiger partial charge in [-0.2, -0.15) is 0 Å². The zero-order valence-corrected chi connectivity index (χ0v) is 15.5. The van der Waals surface area contributed by atoms with E-state index >= 15 is 0 Å². The number of aliphatic imine (C=N–C) groups is 1. The van der Waals surface area contributed by atoms with Crippen LogP contribution in [0.5, 0.6) is 17.2 Å². The van der Waals surface area contributed by atoms with E-state index in [1.807, 2.05) is 36.4 Å². The van der Waals surface area contributed by atoms with E-state index in [0.717, 1.165) is 35.6 Å². The van der Waals surface area contributed by atoms with Crippen molar-refractivity contribution in [2.45, 2.75) is 25.7 Å². The molecule has 1 aliphatic carbocycles. The van der Waals surface area contributed by atoms with Crippen molar-refractivity contribution in [2.75, 3.05) is 24.2 Å². The average Bonchev–Trinajstić information content (AvgIpc) is 3.36. The smallest absolute Gasteiger partial charge is 0.175 e. The zero-order valence-electron chi connectivity index (χ0n) is 14.7. The Morgan fingerprint density at radius 1 is 1.12 bits per heavy atom. The third kappa shape index (κ3) is 4.49. The quantitative estimate of drug-likeness (QED) is 0.780. The van der Waals surface area contributed by atoms with Gasteiger partial charge in [-0.05, 0) is 30.9 Å². The van der Waals surface area contributed by atoms with Gasteiger partial charge in [-0.15, -0.1) is 0 Å². The van der Waals surface area contributed by atoms with Crippen molar-refractivity contribution in [3.05, 3.63) is 42.6 Å². The molecule has 1 aromatic heterocycles. The lowest BCUT2D eigenvalue weighted by Gasteiger charge is -2.16. The lowest BCUT2D eigenvalue weighted by atomic mass is 10.1. The molecule has 0 amide bonds. The molecule has 0 radical (unpaired) electrons. The Labute approximate surface area is 158 Å². The van der Waals surface area contributed by atoms with Gasteiger partial charge in [-0.25, -0.2) is 4.98 Å². The first-order chi connectivity index (χ1) is 12.9. The normalized spacial score (nSPS) is 17.2. The number of pyridine rings is 1. The Bertz CT molecular complexity index is 761. The van der Waals surface area contributed by atoms with Crippen molar-refractivity contribution in [3.63, 3.8) is 0 Å². The fraction of sp³-hybridized carbons (Fsp3) is 0.400. The topological polar surface area (TPSA) is 55.7 Å². The summed E-state index contributed by atoms with van der Waals surface area (Å²) in [5.74, 6) is 4.53. The van der Waals surface area contributed by atoms with E-state index in [-0.39, 0.29) is 0 Å². The van der Waals surface area contributed by atoms with Crippen molar-refractivity contribution in [3.8, 4) is 17.2 Å². The van der Waals surface area contributed by atoms with Gasteiger partial charge >= 0.3 is 0 Å². The number of hydrogen-bond donors (Lipinski definition) is 1. The second-order valence-corrected chi connectivity index (χ2v) is 7.64. The van der Waals surface area contributed by atoms with E-state index in [1.165, 1.54) is 25.7 Å². The largest absolute Gasteiger partial charge is 0.489 e. The van der Waals surface area contributed by atoms with Gasteiger partial charge in [-0.3, -0.25) is 4.99 Å². The summed E-state index contributed by atoms with van der Waals surface area (Å²) in [6, 6.07) is 11.6. The van der Waals surface area contributed by atoms with E-state index in [9.17, 15) is 0 Å². The number of aromatic nitrogens is 1. The molecule has 0 saturated heterocycles. The second-order valence-electron chi connectivity index (χ2n) is 6.55. The maximum absolute atomic E-state index is 6.14. The number of hydrogen-bond acceptors (Lipinski definition) is 6. The summed E-state index contributed by atoms with van der Waals surface area (Å²) in [4.78, 5) is 8.97. The number of rotatable bonds is 6. The minimum Gasteiger partial charge on any atom is -0.489 e. The minimum absolute atomic E-state index is 0.639. The molecular weight excluding hydrogens is 346 g/mol. The molecule has 1 aromatic carbocycles. The van der Waals surface area contributed by atoms with Gasteiger partial charge in [0.05, 0.1) is 19.3 Å². The second kappa shape index (κ2) is 8.45. The summed E-state index contributed by atoms with van der Waals surface area (Å²) in [5.41, 5.74) is 0. The third-order valence-corrected chi connectivity index (χ3v) is 5.46. The number of nitrogens with zero attached hydrogens (tertiary/aromatic N) is 2. The van der Waals surface area contributed by atoms with Gasteiger partial charge in [0.1, 0.15) is 11.5 Å². The van der Waals surface area contributed by atoms with Crippen LogP contribution in [0.25, 0.3) is 0 Å². The van der Waals surface area contributed by atoms with E-state index < -0.39 is 0 Å². The highest BCUT2D eigenvalue weighted by Crippen LogP contribution is 2.32. The number of thioether (sulfide) groups is 1. The number of benzene rings is 1. The Balaban J connectivity index is 1.51. The van der Waals surface area contributed by atoms with Crippen LogP contribution in [0.4, 0.5) is 5.82 Å². The van der Waals surface area contributed by atoms with Crippen LogP contribution >= 0.6 is 11.8 Å². The van der Waals surface area contributed by atoms with Crippen LogP contribution in [0.1, 0.15) is 25.7 Å². The molecule has 136 valence electrons. The maximum atomic E-state index is 6.14. The van der Waals surface area contributed by atoms with Crippen LogP contribution in [0, 0.1) is 5.92 Å². The van der Waals surface area contributed by atoms with Crippen molar-refractivity contribution >= 4 is 22.7 Å². The molecule has 26 heavy (non-hydrogen) atoms. The lowest BCUT2D eigenvalue weighted by molar-refractivity contribution is 0.252. The van der Waals surface area contributed by atoms with Crippen molar-refractivity contribution < 1.29 is 9.47 Å². The highest BCUT2D eigenvalue weighted by atomic mass is 32.2. The monoisotopic (exact) mass is 369 g/mol. The summed E-state index contributed by atoms with van der Waals surface area (Å²) in [6.45, 7) is 1.57. The Morgan fingerprint density at radius 3 is 2.73 bits per heavy atom. The standard InChI is InChI=1S/C20H23N3O2S/c1-2-8-16(9-3-1)25-17-12-18(24-14-15-6-4-5-7-15)19(22-13-17)23-20-21-10-11-26-20/h1-3,8-9,12-13,15H,4-7,10-11,14H2,(H,21,22,23). The number of anilines is 1. The molecular formula is C20H23N3O2S. The fourth-order valence-electron chi connectivity index (χ4n) is 3.21. The first-order valence-corrected chi connectivity index (χ1v) is 10.2. The highest BCUT2D eigenvalue weighted by molar-refractivity contribution is 8.14. The molecule has 2 aromatic rings. The summed E-state index contributed by atoms with van der Waals surface area (Å²) in [7, 11) is 0. The molecule has 1 saturated carbocycles. The van der Waals surface area contributed by atoms with Crippen LogP contribution in [-0.2, 0) is 0 Å². The molecule has 4 rings (SSSR count). The molecule has 0 bridgehead atoms.